The Bertz CT molecular complexity index is 496. The molecule has 2 heterocycles. The van der Waals surface area contributed by atoms with Crippen LogP contribution in [0.4, 0.5) is 11.5 Å². The zero-order valence-electron chi connectivity index (χ0n) is 7.92. The van der Waals surface area contributed by atoms with Gasteiger partial charge in [-0.25, -0.2) is 13.4 Å². The molecule has 15 heavy (non-hydrogen) atoms. The number of nitrogens with zero attached hydrogens (tertiary/aromatic N) is 1. The van der Waals surface area contributed by atoms with Crippen LogP contribution in [0.3, 0.4) is 0 Å². The maximum atomic E-state index is 11.1. The van der Waals surface area contributed by atoms with Crippen molar-refractivity contribution >= 4 is 21.3 Å². The highest BCUT2D eigenvalue weighted by Gasteiger charge is 2.21. The van der Waals surface area contributed by atoms with Crippen molar-refractivity contribution in [3.8, 4) is 0 Å². The number of aromatic nitrogens is 1. The predicted molar refractivity (Wildman–Crippen MR) is 59.0 cm³/mol. The van der Waals surface area contributed by atoms with Crippen molar-refractivity contribution in [2.45, 2.75) is 6.04 Å². The second-order valence-corrected chi connectivity index (χ2v) is 5.28. The summed E-state index contributed by atoms with van der Waals surface area (Å²) in [6.07, 6.45) is 3.20. The number of anilines is 2. The molecule has 0 saturated heterocycles. The fourth-order valence-electron chi connectivity index (χ4n) is 1.38. The zero-order valence-corrected chi connectivity index (χ0v) is 8.74. The van der Waals surface area contributed by atoms with Gasteiger partial charge < -0.3 is 11.1 Å². The van der Waals surface area contributed by atoms with E-state index < -0.39 is 9.84 Å². The number of nitrogens with two attached hydrogens (primary N) is 1. The van der Waals surface area contributed by atoms with Crippen LogP contribution >= 0.6 is 0 Å². The maximum absolute atomic E-state index is 11.1. The Hall–Kier alpha value is -1.56. The first kappa shape index (κ1) is 9.97. The summed E-state index contributed by atoms with van der Waals surface area (Å²) < 4.78 is 22.3. The van der Waals surface area contributed by atoms with E-state index in [-0.39, 0.29) is 11.8 Å². The van der Waals surface area contributed by atoms with Crippen LogP contribution in [0.5, 0.6) is 0 Å². The molecule has 0 bridgehead atoms. The fraction of sp³-hybridized carbons (Fsp3) is 0.222. The van der Waals surface area contributed by atoms with Crippen LogP contribution in [-0.4, -0.2) is 25.2 Å². The first-order valence-corrected chi connectivity index (χ1v) is 6.16. The molecule has 0 amide bonds. The lowest BCUT2D eigenvalue weighted by Crippen LogP contribution is -2.22. The van der Waals surface area contributed by atoms with Gasteiger partial charge in [0.25, 0.3) is 0 Å². The van der Waals surface area contributed by atoms with Crippen molar-refractivity contribution in [2.24, 2.45) is 0 Å². The van der Waals surface area contributed by atoms with Gasteiger partial charge in [-0.2, -0.15) is 0 Å². The lowest BCUT2D eigenvalue weighted by molar-refractivity contribution is 0.605. The topological polar surface area (TPSA) is 85.1 Å². The Morgan fingerprint density at radius 2 is 2.33 bits per heavy atom. The van der Waals surface area contributed by atoms with Gasteiger partial charge in [0.1, 0.15) is 5.82 Å². The molecule has 0 aliphatic carbocycles. The van der Waals surface area contributed by atoms with Gasteiger partial charge in [0.15, 0.2) is 9.84 Å². The third-order valence-electron chi connectivity index (χ3n) is 2.09. The van der Waals surface area contributed by atoms with E-state index in [0.717, 1.165) is 0 Å². The van der Waals surface area contributed by atoms with E-state index in [9.17, 15) is 8.42 Å². The van der Waals surface area contributed by atoms with Crippen molar-refractivity contribution in [1.29, 1.82) is 0 Å². The standard InChI is InChI=1S/C9H11N3O2S/c10-8-2-1-4-11-9(8)12-7-3-5-15(13,14)6-7/h1-5,7H,6,10H2,(H,11,12). The maximum Gasteiger partial charge on any atom is 0.173 e. The molecule has 1 atom stereocenters. The summed E-state index contributed by atoms with van der Waals surface area (Å²) in [6.45, 7) is 0. The first-order valence-electron chi connectivity index (χ1n) is 4.45. The van der Waals surface area contributed by atoms with Crippen molar-refractivity contribution in [1.82, 2.24) is 4.98 Å². The van der Waals surface area contributed by atoms with Gasteiger partial charge in [0.2, 0.25) is 0 Å². The van der Waals surface area contributed by atoms with Gasteiger partial charge >= 0.3 is 0 Å². The van der Waals surface area contributed by atoms with E-state index in [4.69, 9.17) is 5.73 Å². The Morgan fingerprint density at radius 3 is 2.93 bits per heavy atom. The van der Waals surface area contributed by atoms with E-state index in [1.165, 1.54) is 5.41 Å². The molecule has 1 aliphatic rings. The molecule has 1 aromatic rings. The summed E-state index contributed by atoms with van der Waals surface area (Å²) in [5, 5.41) is 4.17. The molecular formula is C9H11N3O2S. The number of sulfone groups is 1. The van der Waals surface area contributed by atoms with E-state index in [2.05, 4.69) is 10.3 Å². The van der Waals surface area contributed by atoms with Gasteiger partial charge in [0, 0.05) is 11.6 Å². The lowest BCUT2D eigenvalue weighted by atomic mass is 10.3. The van der Waals surface area contributed by atoms with Crippen LogP contribution < -0.4 is 11.1 Å². The van der Waals surface area contributed by atoms with Crippen LogP contribution in [0, 0.1) is 0 Å². The second kappa shape index (κ2) is 3.54. The minimum absolute atomic E-state index is 0.0585. The molecule has 1 unspecified atom stereocenters. The number of nitrogen functional groups attached to an aromatic ring is 1. The van der Waals surface area contributed by atoms with Gasteiger partial charge in [-0.1, -0.05) is 0 Å². The van der Waals surface area contributed by atoms with Gasteiger partial charge in [-0.15, -0.1) is 0 Å². The number of hydrogen-bond donors (Lipinski definition) is 2. The normalized spacial score (nSPS) is 22.8. The number of nitrogens with one attached hydrogen (secondary N) is 1. The molecule has 3 N–H and O–H groups in total. The molecule has 0 spiro atoms. The van der Waals surface area contributed by atoms with Crippen molar-refractivity contribution in [2.75, 3.05) is 16.8 Å². The summed E-state index contributed by atoms with van der Waals surface area (Å²) in [7, 11) is -3.04. The summed E-state index contributed by atoms with van der Waals surface area (Å²) in [6, 6.07) is 3.19. The molecule has 0 saturated carbocycles. The zero-order chi connectivity index (χ0) is 10.9. The fourth-order valence-corrected chi connectivity index (χ4v) is 2.61. The molecule has 0 fully saturated rings. The number of hydrogen-bond acceptors (Lipinski definition) is 5. The monoisotopic (exact) mass is 225 g/mol. The highest BCUT2D eigenvalue weighted by atomic mass is 32.2. The SMILES string of the molecule is Nc1cccnc1NC1C=CS(=O)(=O)C1. The minimum Gasteiger partial charge on any atom is -0.396 e. The third kappa shape index (κ3) is 2.27. The highest BCUT2D eigenvalue weighted by molar-refractivity contribution is 7.94. The van der Waals surface area contributed by atoms with E-state index in [0.29, 0.717) is 11.5 Å². The van der Waals surface area contributed by atoms with E-state index in [1.807, 2.05) is 0 Å². The molecule has 6 heteroatoms. The molecule has 80 valence electrons. The average Bonchev–Trinajstić information content (AvgIpc) is 2.50. The molecule has 5 nitrogen and oxygen atoms in total. The van der Waals surface area contributed by atoms with Gasteiger partial charge in [-0.05, 0) is 18.2 Å². The molecule has 2 rings (SSSR count). The quantitative estimate of drug-likeness (QED) is 0.760. The molecule has 1 aliphatic heterocycles. The summed E-state index contributed by atoms with van der Waals surface area (Å²) in [5.74, 6) is 0.576. The first-order chi connectivity index (χ1) is 7.07. The number of pyridine rings is 1. The van der Waals surface area contributed by atoms with Crippen molar-refractivity contribution in [3.05, 3.63) is 29.8 Å². The van der Waals surface area contributed by atoms with Gasteiger partial charge in [-0.3, -0.25) is 0 Å². The lowest BCUT2D eigenvalue weighted by Gasteiger charge is -2.11. The highest BCUT2D eigenvalue weighted by Crippen LogP contribution is 2.17. The Kier molecular flexibility index (Phi) is 2.36. The molecule has 1 aromatic heterocycles. The average molecular weight is 225 g/mol. The molecular weight excluding hydrogens is 214 g/mol. The minimum atomic E-state index is -3.04. The van der Waals surface area contributed by atoms with E-state index >= 15 is 0 Å². The summed E-state index contributed by atoms with van der Waals surface area (Å²) in [5.41, 5.74) is 6.18. The van der Waals surface area contributed by atoms with Gasteiger partial charge in [0.05, 0.1) is 17.5 Å². The van der Waals surface area contributed by atoms with Crippen molar-refractivity contribution < 1.29 is 8.42 Å². The molecule has 0 aromatic carbocycles. The second-order valence-electron chi connectivity index (χ2n) is 3.35. The summed E-state index contributed by atoms with van der Waals surface area (Å²) >= 11 is 0. The van der Waals surface area contributed by atoms with Crippen LogP contribution in [0.25, 0.3) is 0 Å². The Labute approximate surface area is 87.9 Å². The Balaban J connectivity index is 2.12. The van der Waals surface area contributed by atoms with Crippen molar-refractivity contribution in [3.63, 3.8) is 0 Å². The van der Waals surface area contributed by atoms with Crippen LogP contribution in [-0.2, 0) is 9.84 Å². The predicted octanol–water partition coefficient (Wildman–Crippen LogP) is 0.386. The van der Waals surface area contributed by atoms with Crippen LogP contribution in [0.2, 0.25) is 0 Å². The molecule has 0 radical (unpaired) electrons. The summed E-state index contributed by atoms with van der Waals surface area (Å²) in [4.78, 5) is 4.02. The van der Waals surface area contributed by atoms with Crippen LogP contribution in [0.15, 0.2) is 29.8 Å². The smallest absolute Gasteiger partial charge is 0.173 e. The largest absolute Gasteiger partial charge is 0.396 e. The Morgan fingerprint density at radius 1 is 1.53 bits per heavy atom. The third-order valence-corrected chi connectivity index (χ3v) is 3.49. The van der Waals surface area contributed by atoms with E-state index in [1.54, 1.807) is 24.4 Å². The number of rotatable bonds is 2. The van der Waals surface area contributed by atoms with Crippen LogP contribution in [0.1, 0.15) is 0 Å².